The van der Waals surface area contributed by atoms with E-state index >= 15 is 0 Å². The number of aryl methyl sites for hydroxylation is 1. The molecule has 1 N–H and O–H groups in total. The van der Waals surface area contributed by atoms with Gasteiger partial charge in [0.15, 0.2) is 5.16 Å². The number of nitrogens with zero attached hydrogens (tertiary/aromatic N) is 3. The van der Waals surface area contributed by atoms with Gasteiger partial charge in [-0.05, 0) is 19.3 Å². The van der Waals surface area contributed by atoms with Crippen LogP contribution >= 0.6 is 11.8 Å². The molecule has 0 bridgehead atoms. The Bertz CT molecular complexity index is 393. The summed E-state index contributed by atoms with van der Waals surface area (Å²) < 4.78 is 6.97. The van der Waals surface area contributed by atoms with Crippen molar-refractivity contribution >= 4 is 17.7 Å². The standard InChI is InChI=1S/C13H24N4O2S/c1-4-11(5-2)15-12(18)9-20-13-16-14-10-17(13)7-6-8-19-3/h10-11H,4-9H2,1-3H3,(H,15,18). The summed E-state index contributed by atoms with van der Waals surface area (Å²) >= 11 is 1.42. The molecule has 7 heteroatoms. The fraction of sp³-hybridized carbons (Fsp3) is 0.769. The molecule has 1 rings (SSSR count). The lowest BCUT2D eigenvalue weighted by molar-refractivity contribution is -0.119. The summed E-state index contributed by atoms with van der Waals surface area (Å²) in [6.45, 7) is 5.66. The van der Waals surface area contributed by atoms with Crippen LogP contribution in [0.2, 0.25) is 0 Å². The van der Waals surface area contributed by atoms with Gasteiger partial charge in [-0.1, -0.05) is 25.6 Å². The maximum atomic E-state index is 11.8. The van der Waals surface area contributed by atoms with Gasteiger partial charge >= 0.3 is 0 Å². The molecule has 0 unspecified atom stereocenters. The molecule has 1 aromatic rings. The molecular weight excluding hydrogens is 276 g/mol. The number of nitrogens with one attached hydrogen (secondary N) is 1. The average molecular weight is 300 g/mol. The maximum absolute atomic E-state index is 11.8. The van der Waals surface area contributed by atoms with Gasteiger partial charge in [-0.3, -0.25) is 4.79 Å². The number of methoxy groups -OCH3 is 1. The van der Waals surface area contributed by atoms with Gasteiger partial charge in [0, 0.05) is 26.3 Å². The van der Waals surface area contributed by atoms with E-state index in [2.05, 4.69) is 29.4 Å². The number of rotatable bonds is 10. The Hall–Kier alpha value is -1.08. The second-order valence-corrected chi connectivity index (χ2v) is 5.47. The van der Waals surface area contributed by atoms with E-state index in [0.29, 0.717) is 12.4 Å². The Morgan fingerprint density at radius 1 is 1.50 bits per heavy atom. The van der Waals surface area contributed by atoms with Crippen molar-refractivity contribution in [1.29, 1.82) is 0 Å². The first kappa shape index (κ1) is 17.0. The van der Waals surface area contributed by atoms with Gasteiger partial charge in [-0.2, -0.15) is 0 Å². The summed E-state index contributed by atoms with van der Waals surface area (Å²) in [5, 5.41) is 11.7. The minimum atomic E-state index is 0.0511. The van der Waals surface area contributed by atoms with Crippen molar-refractivity contribution in [2.24, 2.45) is 0 Å². The van der Waals surface area contributed by atoms with E-state index in [1.165, 1.54) is 11.8 Å². The summed E-state index contributed by atoms with van der Waals surface area (Å²) in [5.74, 6) is 0.426. The summed E-state index contributed by atoms with van der Waals surface area (Å²) in [6, 6.07) is 0.266. The van der Waals surface area contributed by atoms with Crippen molar-refractivity contribution in [3.63, 3.8) is 0 Å². The van der Waals surface area contributed by atoms with Crippen LogP contribution in [0, 0.1) is 0 Å². The lowest BCUT2D eigenvalue weighted by atomic mass is 10.2. The molecule has 1 amide bonds. The van der Waals surface area contributed by atoms with Crippen molar-refractivity contribution < 1.29 is 9.53 Å². The van der Waals surface area contributed by atoms with Crippen LogP contribution in [0.15, 0.2) is 11.5 Å². The fourth-order valence-electron chi connectivity index (χ4n) is 1.78. The molecule has 0 aliphatic carbocycles. The number of hydrogen-bond donors (Lipinski definition) is 1. The average Bonchev–Trinajstić information content (AvgIpc) is 2.90. The second kappa shape index (κ2) is 9.77. The van der Waals surface area contributed by atoms with Crippen LogP contribution in [0.3, 0.4) is 0 Å². The predicted octanol–water partition coefficient (Wildman–Crippen LogP) is 1.71. The minimum Gasteiger partial charge on any atom is -0.385 e. The van der Waals surface area contributed by atoms with Crippen LogP contribution in [0.5, 0.6) is 0 Å². The van der Waals surface area contributed by atoms with Crippen molar-refractivity contribution in [3.8, 4) is 0 Å². The third kappa shape index (κ3) is 5.92. The minimum absolute atomic E-state index is 0.0511. The number of ether oxygens (including phenoxy) is 1. The lowest BCUT2D eigenvalue weighted by Gasteiger charge is -2.14. The Kier molecular flexibility index (Phi) is 8.29. The van der Waals surface area contributed by atoms with E-state index in [0.717, 1.165) is 31.0 Å². The highest BCUT2D eigenvalue weighted by molar-refractivity contribution is 7.99. The molecule has 1 aromatic heterocycles. The molecule has 0 atom stereocenters. The van der Waals surface area contributed by atoms with E-state index in [-0.39, 0.29) is 11.9 Å². The Balaban J connectivity index is 2.37. The number of carbonyl (C=O) groups is 1. The molecule has 0 aliphatic rings. The van der Waals surface area contributed by atoms with E-state index in [4.69, 9.17) is 4.74 Å². The van der Waals surface area contributed by atoms with E-state index in [1.54, 1.807) is 13.4 Å². The van der Waals surface area contributed by atoms with Crippen molar-refractivity contribution in [2.75, 3.05) is 19.5 Å². The lowest BCUT2D eigenvalue weighted by Crippen LogP contribution is -2.35. The normalized spacial score (nSPS) is 11.0. The second-order valence-electron chi connectivity index (χ2n) is 4.52. The summed E-state index contributed by atoms with van der Waals surface area (Å²) in [7, 11) is 1.68. The number of aromatic nitrogens is 3. The third-order valence-corrected chi connectivity index (χ3v) is 3.99. The van der Waals surface area contributed by atoms with Crippen molar-refractivity contribution in [1.82, 2.24) is 20.1 Å². The predicted molar refractivity (Wildman–Crippen MR) is 79.8 cm³/mol. The first-order valence-electron chi connectivity index (χ1n) is 7.00. The van der Waals surface area contributed by atoms with Crippen LogP contribution in [0.25, 0.3) is 0 Å². The van der Waals surface area contributed by atoms with E-state index < -0.39 is 0 Å². The molecular formula is C13H24N4O2S. The Morgan fingerprint density at radius 2 is 2.25 bits per heavy atom. The first-order valence-corrected chi connectivity index (χ1v) is 7.98. The van der Waals surface area contributed by atoms with Crippen LogP contribution in [-0.2, 0) is 16.1 Å². The molecule has 6 nitrogen and oxygen atoms in total. The third-order valence-electron chi connectivity index (χ3n) is 3.01. The van der Waals surface area contributed by atoms with E-state index in [1.807, 2.05) is 4.57 Å². The zero-order valence-corrected chi connectivity index (χ0v) is 13.3. The highest BCUT2D eigenvalue weighted by Crippen LogP contribution is 2.14. The monoisotopic (exact) mass is 300 g/mol. The summed E-state index contributed by atoms with van der Waals surface area (Å²) in [6.07, 6.45) is 4.51. The zero-order valence-electron chi connectivity index (χ0n) is 12.5. The molecule has 0 fully saturated rings. The van der Waals surface area contributed by atoms with Gasteiger partial charge in [0.1, 0.15) is 6.33 Å². The summed E-state index contributed by atoms with van der Waals surface area (Å²) in [4.78, 5) is 11.8. The number of carbonyl (C=O) groups excluding carboxylic acids is 1. The van der Waals surface area contributed by atoms with Crippen LogP contribution in [-0.4, -0.2) is 46.2 Å². The van der Waals surface area contributed by atoms with Gasteiger partial charge in [-0.15, -0.1) is 10.2 Å². The first-order chi connectivity index (χ1) is 9.71. The van der Waals surface area contributed by atoms with Crippen molar-refractivity contribution in [3.05, 3.63) is 6.33 Å². The molecule has 0 radical (unpaired) electrons. The number of amides is 1. The van der Waals surface area contributed by atoms with Crippen LogP contribution < -0.4 is 5.32 Å². The van der Waals surface area contributed by atoms with Crippen molar-refractivity contribution in [2.45, 2.75) is 50.9 Å². The highest BCUT2D eigenvalue weighted by atomic mass is 32.2. The molecule has 0 saturated carbocycles. The summed E-state index contributed by atoms with van der Waals surface area (Å²) in [5.41, 5.74) is 0. The van der Waals surface area contributed by atoms with Crippen LogP contribution in [0.4, 0.5) is 0 Å². The molecule has 0 aromatic carbocycles. The van der Waals surface area contributed by atoms with E-state index in [9.17, 15) is 4.79 Å². The molecule has 114 valence electrons. The largest absolute Gasteiger partial charge is 0.385 e. The molecule has 0 saturated heterocycles. The smallest absolute Gasteiger partial charge is 0.230 e. The van der Waals surface area contributed by atoms with Crippen LogP contribution in [0.1, 0.15) is 33.1 Å². The van der Waals surface area contributed by atoms with Gasteiger partial charge < -0.3 is 14.6 Å². The number of thioether (sulfide) groups is 1. The maximum Gasteiger partial charge on any atom is 0.230 e. The SMILES string of the molecule is CCC(CC)NC(=O)CSc1nncn1CCCOC. The molecule has 1 heterocycles. The van der Waals surface area contributed by atoms with Gasteiger partial charge in [0.2, 0.25) is 5.91 Å². The molecule has 0 spiro atoms. The zero-order chi connectivity index (χ0) is 14.8. The van der Waals surface area contributed by atoms with Gasteiger partial charge in [0.05, 0.1) is 5.75 Å². The number of hydrogen-bond acceptors (Lipinski definition) is 5. The highest BCUT2D eigenvalue weighted by Gasteiger charge is 2.11. The fourth-order valence-corrected chi connectivity index (χ4v) is 2.53. The quantitative estimate of drug-likeness (QED) is 0.526. The van der Waals surface area contributed by atoms with Gasteiger partial charge in [0.25, 0.3) is 0 Å². The molecule has 20 heavy (non-hydrogen) atoms. The topological polar surface area (TPSA) is 69.0 Å². The van der Waals surface area contributed by atoms with Gasteiger partial charge in [-0.25, -0.2) is 0 Å². The Labute approximate surface area is 124 Å². The Morgan fingerprint density at radius 3 is 2.90 bits per heavy atom. The molecule has 0 aliphatic heterocycles.